The maximum atomic E-state index is 10.7. The molecule has 0 saturated heterocycles. The lowest BCUT2D eigenvalue weighted by Gasteiger charge is -2.38. The van der Waals surface area contributed by atoms with E-state index >= 15 is 0 Å². The topological polar surface area (TPSA) is 47.9 Å². The Balaban J connectivity index is 2.78. The van der Waals surface area contributed by atoms with Gasteiger partial charge in [-0.1, -0.05) is 63.9 Å². The first-order valence-electron chi connectivity index (χ1n) is 10.2. The summed E-state index contributed by atoms with van der Waals surface area (Å²) < 4.78 is 17.6. The molecule has 0 aromatic heterocycles. The lowest BCUT2D eigenvalue weighted by atomic mass is 9.98. The highest BCUT2D eigenvalue weighted by Gasteiger charge is 2.38. The highest BCUT2D eigenvalue weighted by Crippen LogP contribution is 2.37. The van der Waals surface area contributed by atoms with Crippen molar-refractivity contribution in [2.45, 2.75) is 78.0 Å². The molecule has 3 atom stereocenters. The summed E-state index contributed by atoms with van der Waals surface area (Å²) in [6.07, 6.45) is 1.87. The molecule has 1 rings (SSSR count). The third-order valence-electron chi connectivity index (χ3n) is 5.34. The number of rotatable bonds is 10. The molecule has 0 aliphatic rings. The average molecular weight is 407 g/mol. The van der Waals surface area contributed by atoms with Gasteiger partial charge in [-0.05, 0) is 30.6 Å². The van der Waals surface area contributed by atoms with E-state index in [4.69, 9.17) is 13.9 Å². The molecule has 158 valence electrons. The van der Waals surface area contributed by atoms with Crippen LogP contribution in [0.15, 0.2) is 30.3 Å². The van der Waals surface area contributed by atoms with Gasteiger partial charge in [-0.25, -0.2) is 0 Å². The van der Waals surface area contributed by atoms with Crippen molar-refractivity contribution in [3.8, 4) is 12.0 Å². The van der Waals surface area contributed by atoms with Gasteiger partial charge in [0, 0.05) is 18.9 Å². The zero-order valence-electron chi connectivity index (χ0n) is 18.6. The molecule has 5 heteroatoms. The van der Waals surface area contributed by atoms with E-state index in [9.17, 15) is 5.11 Å². The van der Waals surface area contributed by atoms with Crippen molar-refractivity contribution in [1.29, 1.82) is 0 Å². The number of ether oxygens (including phenoxy) is 2. The van der Waals surface area contributed by atoms with E-state index in [0.29, 0.717) is 26.2 Å². The summed E-state index contributed by atoms with van der Waals surface area (Å²) in [5.41, 5.74) is 1.08. The van der Waals surface area contributed by atoms with Gasteiger partial charge in [0.2, 0.25) is 0 Å². The zero-order valence-corrected chi connectivity index (χ0v) is 19.6. The molecule has 0 aliphatic heterocycles. The molecule has 0 amide bonds. The highest BCUT2D eigenvalue weighted by molar-refractivity contribution is 6.74. The third-order valence-corrected chi connectivity index (χ3v) is 9.84. The molecule has 0 spiro atoms. The van der Waals surface area contributed by atoms with Crippen LogP contribution in [0, 0.1) is 17.9 Å². The monoisotopic (exact) mass is 406 g/mol. The standard InChI is InChI=1S/C23H38O4Si/c1-8-25-16-12-15-21(24)22(26-18-20-13-10-9-11-14-20)19(2)17-27-28(6,7)23(3,4)5/h9-11,13-14,19,21-22,24H,8,15,17-18H2,1-7H3/t19-,21+,22-/m1/s1. The number of aliphatic hydroxyl groups excluding tert-OH is 1. The fourth-order valence-electron chi connectivity index (χ4n) is 2.46. The summed E-state index contributed by atoms with van der Waals surface area (Å²) in [5.74, 6) is 2.93. The van der Waals surface area contributed by atoms with Crippen LogP contribution in [0.5, 0.6) is 0 Å². The van der Waals surface area contributed by atoms with Gasteiger partial charge < -0.3 is 19.0 Å². The molecular weight excluding hydrogens is 368 g/mol. The van der Waals surface area contributed by atoms with Crippen LogP contribution >= 0.6 is 0 Å². The van der Waals surface area contributed by atoms with Gasteiger partial charge in [0.25, 0.3) is 0 Å². The Hall–Kier alpha value is -1.32. The lowest BCUT2D eigenvalue weighted by molar-refractivity contribution is -0.0793. The van der Waals surface area contributed by atoms with Crippen LogP contribution in [0.1, 0.15) is 46.6 Å². The van der Waals surface area contributed by atoms with Crippen molar-refractivity contribution in [2.75, 3.05) is 13.2 Å². The normalized spacial score (nSPS) is 15.3. The highest BCUT2D eigenvalue weighted by atomic mass is 28.4. The Kier molecular flexibility index (Phi) is 10.3. The van der Waals surface area contributed by atoms with E-state index in [2.05, 4.69) is 52.8 Å². The summed E-state index contributed by atoms with van der Waals surface area (Å²) in [5, 5.41) is 10.9. The molecular formula is C23H38O4Si. The predicted molar refractivity (Wildman–Crippen MR) is 117 cm³/mol. The zero-order chi connectivity index (χ0) is 21.2. The summed E-state index contributed by atoms with van der Waals surface area (Å²) in [4.78, 5) is 0. The van der Waals surface area contributed by atoms with E-state index in [0.717, 1.165) is 5.56 Å². The summed E-state index contributed by atoms with van der Waals surface area (Å²) >= 11 is 0. The van der Waals surface area contributed by atoms with Crippen LogP contribution < -0.4 is 0 Å². The second kappa shape index (κ2) is 11.6. The van der Waals surface area contributed by atoms with Crippen LogP contribution in [0.3, 0.4) is 0 Å². The van der Waals surface area contributed by atoms with Crippen molar-refractivity contribution in [3.63, 3.8) is 0 Å². The van der Waals surface area contributed by atoms with Gasteiger partial charge in [0.05, 0.1) is 25.4 Å². The van der Waals surface area contributed by atoms with E-state index < -0.39 is 14.4 Å². The Morgan fingerprint density at radius 3 is 2.36 bits per heavy atom. The summed E-state index contributed by atoms with van der Waals surface area (Å²) in [7, 11) is -1.86. The Morgan fingerprint density at radius 1 is 1.14 bits per heavy atom. The number of aliphatic hydroxyl groups is 1. The predicted octanol–water partition coefficient (Wildman–Crippen LogP) is 4.98. The first kappa shape index (κ1) is 24.7. The second-order valence-electron chi connectivity index (χ2n) is 8.79. The second-order valence-corrected chi connectivity index (χ2v) is 13.6. The summed E-state index contributed by atoms with van der Waals surface area (Å²) in [6, 6.07) is 10.0. The molecule has 1 N–H and O–H groups in total. The van der Waals surface area contributed by atoms with Crippen molar-refractivity contribution < 1.29 is 19.0 Å². The third kappa shape index (κ3) is 8.36. The van der Waals surface area contributed by atoms with E-state index in [-0.39, 0.29) is 17.1 Å². The first-order valence-corrected chi connectivity index (χ1v) is 13.1. The molecule has 0 bridgehead atoms. The quantitative estimate of drug-likeness (QED) is 0.440. The van der Waals surface area contributed by atoms with Gasteiger partial charge in [-0.15, -0.1) is 0 Å². The van der Waals surface area contributed by atoms with E-state index in [1.807, 2.05) is 37.3 Å². The molecule has 1 aromatic rings. The smallest absolute Gasteiger partial charge is 0.191 e. The van der Waals surface area contributed by atoms with Crippen molar-refractivity contribution in [1.82, 2.24) is 0 Å². The van der Waals surface area contributed by atoms with Gasteiger partial charge in [-0.2, -0.15) is 0 Å². The summed E-state index contributed by atoms with van der Waals surface area (Å²) in [6.45, 7) is 16.7. The Labute approximate surface area is 172 Å². The SMILES string of the molecule is CCOC#CC[C@H](O)[C@H](OCc1ccccc1)[C@H](C)CO[Si](C)(C)C(C)(C)C. The van der Waals surface area contributed by atoms with Crippen LogP contribution in [0.2, 0.25) is 18.1 Å². The molecule has 0 radical (unpaired) electrons. The maximum Gasteiger partial charge on any atom is 0.191 e. The minimum Gasteiger partial charge on any atom is -0.447 e. The van der Waals surface area contributed by atoms with Crippen molar-refractivity contribution >= 4 is 8.32 Å². The average Bonchev–Trinajstić information content (AvgIpc) is 2.63. The molecule has 0 heterocycles. The van der Waals surface area contributed by atoms with Gasteiger partial charge >= 0.3 is 0 Å². The fraction of sp³-hybridized carbons (Fsp3) is 0.652. The first-order chi connectivity index (χ1) is 13.1. The molecule has 0 unspecified atom stereocenters. The molecule has 28 heavy (non-hydrogen) atoms. The lowest BCUT2D eigenvalue weighted by Crippen LogP contribution is -2.44. The fourth-order valence-corrected chi connectivity index (χ4v) is 3.57. The van der Waals surface area contributed by atoms with Crippen molar-refractivity contribution in [2.24, 2.45) is 5.92 Å². The minimum absolute atomic E-state index is 0.0433. The van der Waals surface area contributed by atoms with Gasteiger partial charge in [-0.3, -0.25) is 0 Å². The van der Waals surface area contributed by atoms with Gasteiger partial charge in [0.15, 0.2) is 8.32 Å². The number of hydrogen-bond donors (Lipinski definition) is 1. The number of hydrogen-bond acceptors (Lipinski definition) is 4. The number of benzene rings is 1. The van der Waals surface area contributed by atoms with E-state index in [1.165, 1.54) is 0 Å². The molecule has 0 fully saturated rings. The maximum absolute atomic E-state index is 10.7. The Bertz CT molecular complexity index is 613. The van der Waals surface area contributed by atoms with Crippen molar-refractivity contribution in [3.05, 3.63) is 35.9 Å². The molecule has 1 aromatic carbocycles. The Morgan fingerprint density at radius 2 is 1.79 bits per heavy atom. The van der Waals surface area contributed by atoms with Gasteiger partial charge in [0.1, 0.15) is 6.11 Å². The van der Waals surface area contributed by atoms with Crippen LogP contribution in [0.4, 0.5) is 0 Å². The molecule has 4 nitrogen and oxygen atoms in total. The molecule has 0 saturated carbocycles. The van der Waals surface area contributed by atoms with Crippen LogP contribution in [0.25, 0.3) is 0 Å². The van der Waals surface area contributed by atoms with Crippen LogP contribution in [-0.4, -0.2) is 38.8 Å². The van der Waals surface area contributed by atoms with Crippen LogP contribution in [-0.2, 0) is 20.5 Å². The molecule has 0 aliphatic carbocycles. The largest absolute Gasteiger partial charge is 0.447 e. The van der Waals surface area contributed by atoms with E-state index in [1.54, 1.807) is 0 Å². The minimum atomic E-state index is -1.86.